The molecular formula is C14H17F2NO2S. The highest BCUT2D eigenvalue weighted by atomic mass is 32.2. The number of thioether (sulfide) groups is 1. The number of nitrogens with one attached hydrogen (secondary N) is 1. The Bertz CT molecular complexity index is 512. The van der Waals surface area contributed by atoms with Gasteiger partial charge in [0.1, 0.15) is 5.54 Å². The molecule has 1 aromatic rings. The molecule has 2 rings (SSSR count). The molecule has 0 amide bonds. The van der Waals surface area contributed by atoms with Crippen LogP contribution in [0.15, 0.2) is 23.1 Å². The van der Waals surface area contributed by atoms with Gasteiger partial charge in [0, 0.05) is 10.1 Å². The average molecular weight is 301 g/mol. The molecule has 1 aliphatic rings. The van der Waals surface area contributed by atoms with E-state index in [2.05, 4.69) is 5.32 Å². The summed E-state index contributed by atoms with van der Waals surface area (Å²) in [6.45, 7) is 0. The highest BCUT2D eigenvalue weighted by molar-refractivity contribution is 8.00. The molecule has 1 fully saturated rings. The van der Waals surface area contributed by atoms with Gasteiger partial charge in [-0.15, -0.1) is 11.8 Å². The van der Waals surface area contributed by atoms with Crippen LogP contribution in [0.4, 0.5) is 8.78 Å². The molecule has 1 saturated carbocycles. The van der Waals surface area contributed by atoms with Gasteiger partial charge >= 0.3 is 5.97 Å². The Kier molecular flexibility index (Phi) is 4.65. The number of benzene rings is 1. The van der Waals surface area contributed by atoms with Crippen molar-refractivity contribution in [3.8, 4) is 0 Å². The monoisotopic (exact) mass is 301 g/mol. The summed E-state index contributed by atoms with van der Waals surface area (Å²) in [6.07, 6.45) is 2.11. The van der Waals surface area contributed by atoms with Gasteiger partial charge in [-0.05, 0) is 44.5 Å². The normalized spacial score (nSPS) is 25.7. The Morgan fingerprint density at radius 2 is 2.20 bits per heavy atom. The Labute approximate surface area is 121 Å². The van der Waals surface area contributed by atoms with E-state index in [1.807, 2.05) is 0 Å². The van der Waals surface area contributed by atoms with Gasteiger partial charge in [-0.25, -0.2) is 8.78 Å². The number of hydrogen-bond acceptors (Lipinski definition) is 4. The summed E-state index contributed by atoms with van der Waals surface area (Å²) in [7, 11) is 3.11. The molecule has 2 atom stereocenters. The number of hydrogen-bond donors (Lipinski definition) is 1. The first-order valence-electron chi connectivity index (χ1n) is 6.40. The van der Waals surface area contributed by atoms with Crippen molar-refractivity contribution in [2.45, 2.75) is 34.9 Å². The van der Waals surface area contributed by atoms with E-state index in [1.165, 1.54) is 24.9 Å². The summed E-state index contributed by atoms with van der Waals surface area (Å²) < 4.78 is 30.9. The van der Waals surface area contributed by atoms with Crippen LogP contribution in [0.2, 0.25) is 0 Å². The first kappa shape index (κ1) is 15.3. The lowest BCUT2D eigenvalue weighted by Gasteiger charge is -2.25. The molecule has 0 aromatic heterocycles. The fourth-order valence-corrected chi connectivity index (χ4v) is 3.86. The highest BCUT2D eigenvalue weighted by Gasteiger charge is 2.45. The molecule has 2 unspecified atom stereocenters. The lowest BCUT2D eigenvalue weighted by Crippen LogP contribution is -2.49. The minimum absolute atomic E-state index is 0.173. The van der Waals surface area contributed by atoms with E-state index in [4.69, 9.17) is 4.74 Å². The molecule has 1 N–H and O–H groups in total. The Hall–Kier alpha value is -1.14. The number of methoxy groups -OCH3 is 1. The van der Waals surface area contributed by atoms with Crippen molar-refractivity contribution in [1.82, 2.24) is 5.32 Å². The molecule has 0 heterocycles. The number of likely N-dealkylation sites (N-methyl/N-ethyl adjacent to an activating group) is 1. The summed E-state index contributed by atoms with van der Waals surface area (Å²) in [4.78, 5) is 12.5. The van der Waals surface area contributed by atoms with Crippen LogP contribution in [0, 0.1) is 11.6 Å². The van der Waals surface area contributed by atoms with E-state index in [1.54, 1.807) is 13.1 Å². The molecule has 1 aliphatic carbocycles. The molecule has 20 heavy (non-hydrogen) atoms. The SMILES string of the molecule is CNC1(C(=O)OC)CCC(Sc2ccc(F)c(F)c2)C1. The largest absolute Gasteiger partial charge is 0.468 e. The van der Waals surface area contributed by atoms with Crippen LogP contribution in [-0.2, 0) is 9.53 Å². The summed E-state index contributed by atoms with van der Waals surface area (Å²) >= 11 is 1.47. The molecule has 0 aliphatic heterocycles. The van der Waals surface area contributed by atoms with Gasteiger partial charge in [-0.2, -0.15) is 0 Å². The molecule has 0 saturated heterocycles. The van der Waals surface area contributed by atoms with Gasteiger partial charge in [0.15, 0.2) is 11.6 Å². The summed E-state index contributed by atoms with van der Waals surface area (Å²) in [5, 5.41) is 3.22. The third kappa shape index (κ3) is 2.96. The lowest BCUT2D eigenvalue weighted by molar-refractivity contribution is -0.148. The second-order valence-corrected chi connectivity index (χ2v) is 6.26. The first-order valence-corrected chi connectivity index (χ1v) is 7.28. The van der Waals surface area contributed by atoms with Gasteiger partial charge in [0.25, 0.3) is 0 Å². The Morgan fingerprint density at radius 1 is 1.45 bits per heavy atom. The van der Waals surface area contributed by atoms with Crippen LogP contribution >= 0.6 is 11.8 Å². The number of carbonyl (C=O) groups is 1. The molecule has 110 valence electrons. The van der Waals surface area contributed by atoms with Crippen LogP contribution in [0.3, 0.4) is 0 Å². The fourth-order valence-electron chi connectivity index (χ4n) is 2.55. The van der Waals surface area contributed by atoms with Crippen molar-refractivity contribution in [2.24, 2.45) is 0 Å². The summed E-state index contributed by atoms with van der Waals surface area (Å²) in [6, 6.07) is 3.87. The van der Waals surface area contributed by atoms with Crippen LogP contribution in [0.5, 0.6) is 0 Å². The van der Waals surface area contributed by atoms with Gasteiger partial charge in [-0.3, -0.25) is 4.79 Å². The first-order chi connectivity index (χ1) is 9.50. The van der Waals surface area contributed by atoms with Crippen molar-refractivity contribution in [3.63, 3.8) is 0 Å². The highest BCUT2D eigenvalue weighted by Crippen LogP contribution is 2.40. The predicted octanol–water partition coefficient (Wildman–Crippen LogP) is 2.74. The van der Waals surface area contributed by atoms with Gasteiger partial charge in [-0.1, -0.05) is 0 Å². The predicted molar refractivity (Wildman–Crippen MR) is 73.7 cm³/mol. The van der Waals surface area contributed by atoms with Crippen LogP contribution in [-0.4, -0.2) is 30.9 Å². The van der Waals surface area contributed by atoms with Crippen molar-refractivity contribution >= 4 is 17.7 Å². The minimum atomic E-state index is -0.847. The van der Waals surface area contributed by atoms with Crippen molar-refractivity contribution in [3.05, 3.63) is 29.8 Å². The zero-order valence-electron chi connectivity index (χ0n) is 11.4. The number of halogens is 2. The quantitative estimate of drug-likeness (QED) is 0.868. The number of ether oxygens (including phenoxy) is 1. The molecular weight excluding hydrogens is 284 g/mol. The summed E-state index contributed by atoms with van der Waals surface area (Å²) in [5.74, 6) is -1.96. The second kappa shape index (κ2) is 6.10. The van der Waals surface area contributed by atoms with Gasteiger partial charge < -0.3 is 10.1 Å². The van der Waals surface area contributed by atoms with E-state index in [0.717, 1.165) is 12.5 Å². The summed E-state index contributed by atoms with van der Waals surface area (Å²) in [5.41, 5.74) is -0.662. The zero-order valence-corrected chi connectivity index (χ0v) is 12.2. The zero-order chi connectivity index (χ0) is 14.8. The average Bonchev–Trinajstić information content (AvgIpc) is 2.86. The third-order valence-corrected chi connectivity index (χ3v) is 4.98. The smallest absolute Gasteiger partial charge is 0.326 e. The maximum absolute atomic E-state index is 13.2. The molecule has 0 radical (unpaired) electrons. The Balaban J connectivity index is 2.05. The van der Waals surface area contributed by atoms with E-state index in [9.17, 15) is 13.6 Å². The van der Waals surface area contributed by atoms with Gasteiger partial charge in [0.2, 0.25) is 0 Å². The molecule has 0 bridgehead atoms. The molecule has 0 spiro atoms. The van der Waals surface area contributed by atoms with E-state index < -0.39 is 17.2 Å². The van der Waals surface area contributed by atoms with Crippen LogP contribution < -0.4 is 5.32 Å². The van der Waals surface area contributed by atoms with E-state index >= 15 is 0 Å². The van der Waals surface area contributed by atoms with Crippen molar-refractivity contribution in [2.75, 3.05) is 14.2 Å². The van der Waals surface area contributed by atoms with Crippen LogP contribution in [0.25, 0.3) is 0 Å². The van der Waals surface area contributed by atoms with E-state index in [0.29, 0.717) is 17.7 Å². The van der Waals surface area contributed by atoms with E-state index in [-0.39, 0.29) is 11.2 Å². The number of esters is 1. The maximum atomic E-state index is 13.2. The molecule has 3 nitrogen and oxygen atoms in total. The second-order valence-electron chi connectivity index (χ2n) is 4.88. The minimum Gasteiger partial charge on any atom is -0.468 e. The topological polar surface area (TPSA) is 38.3 Å². The van der Waals surface area contributed by atoms with Crippen molar-refractivity contribution < 1.29 is 18.3 Å². The van der Waals surface area contributed by atoms with Crippen LogP contribution in [0.1, 0.15) is 19.3 Å². The molecule has 1 aromatic carbocycles. The Morgan fingerprint density at radius 3 is 2.80 bits per heavy atom. The number of carbonyl (C=O) groups excluding carboxylic acids is 1. The third-order valence-electron chi connectivity index (χ3n) is 3.72. The lowest BCUT2D eigenvalue weighted by atomic mass is 9.98. The fraction of sp³-hybridized carbons (Fsp3) is 0.500. The maximum Gasteiger partial charge on any atom is 0.326 e. The van der Waals surface area contributed by atoms with Crippen molar-refractivity contribution in [1.29, 1.82) is 0 Å². The standard InChI is InChI=1S/C14H17F2NO2S/c1-17-14(13(18)19-2)6-5-10(8-14)20-9-3-4-11(15)12(16)7-9/h3-4,7,10,17H,5-6,8H2,1-2H3. The van der Waals surface area contributed by atoms with Gasteiger partial charge in [0.05, 0.1) is 7.11 Å². The molecule has 6 heteroatoms. The number of rotatable bonds is 4.